The minimum atomic E-state index is 0. The molecule has 22 heavy (non-hydrogen) atoms. The van der Waals surface area contributed by atoms with Crippen LogP contribution in [0, 0.1) is 0 Å². The Balaban J connectivity index is 0.00000441. The molecule has 0 saturated heterocycles. The molecule has 1 heteroatoms. The van der Waals surface area contributed by atoms with Crippen LogP contribution in [0.15, 0.2) is 30.3 Å². The minimum absolute atomic E-state index is 0. The van der Waals surface area contributed by atoms with Crippen LogP contribution in [-0.4, -0.2) is 37.7 Å². The molecule has 0 aromatic heterocycles. The van der Waals surface area contributed by atoms with Crippen LogP contribution >= 0.6 is 0 Å². The van der Waals surface area contributed by atoms with Gasteiger partial charge in [0.2, 0.25) is 0 Å². The standard InChI is InChI=1S/C21H36.Ca.2H/c1-2-3-4-5-6-7-8-9-10-11-12-13-15-18-21-19-16-14-17-20-21;;;/h14,16-17,19-20H,2-13,15,18H2,1H3;;;. The zero-order valence-electron chi connectivity index (χ0n) is 14.3. The van der Waals surface area contributed by atoms with Gasteiger partial charge < -0.3 is 0 Å². The number of benzene rings is 1. The predicted octanol–water partition coefficient (Wildman–Crippen LogP) is 6.40. The summed E-state index contributed by atoms with van der Waals surface area (Å²) in [6.07, 6.45) is 20.0. The van der Waals surface area contributed by atoms with Crippen molar-refractivity contribution in [2.24, 2.45) is 0 Å². The first-order valence-corrected chi connectivity index (χ1v) is 9.47. The first-order valence-electron chi connectivity index (χ1n) is 9.47. The first kappa shape index (κ1) is 22.5. The van der Waals surface area contributed by atoms with Crippen molar-refractivity contribution in [2.45, 2.75) is 96.8 Å². The summed E-state index contributed by atoms with van der Waals surface area (Å²) in [4.78, 5) is 0. The van der Waals surface area contributed by atoms with Crippen molar-refractivity contribution in [1.29, 1.82) is 0 Å². The fourth-order valence-electron chi connectivity index (χ4n) is 2.99. The third-order valence-electron chi connectivity index (χ3n) is 4.41. The molecule has 0 atom stereocenters. The molecule has 0 radical (unpaired) electrons. The normalized spacial score (nSPS) is 10.4. The molecule has 0 spiro atoms. The zero-order chi connectivity index (χ0) is 15.0. The van der Waals surface area contributed by atoms with Gasteiger partial charge in [0.1, 0.15) is 0 Å². The van der Waals surface area contributed by atoms with Crippen molar-refractivity contribution >= 4 is 37.7 Å². The summed E-state index contributed by atoms with van der Waals surface area (Å²) in [6.45, 7) is 2.29. The van der Waals surface area contributed by atoms with Gasteiger partial charge in [-0.1, -0.05) is 114 Å². The number of aryl methyl sites for hydroxylation is 1. The summed E-state index contributed by atoms with van der Waals surface area (Å²) in [6, 6.07) is 10.9. The van der Waals surface area contributed by atoms with Crippen molar-refractivity contribution in [3.63, 3.8) is 0 Å². The van der Waals surface area contributed by atoms with Gasteiger partial charge in [0.05, 0.1) is 0 Å². The maximum atomic E-state index is 2.29. The summed E-state index contributed by atoms with van der Waals surface area (Å²) in [5.74, 6) is 0. The first-order chi connectivity index (χ1) is 10.4. The monoisotopic (exact) mass is 330 g/mol. The summed E-state index contributed by atoms with van der Waals surface area (Å²) in [5.41, 5.74) is 1.50. The van der Waals surface area contributed by atoms with Crippen molar-refractivity contribution in [1.82, 2.24) is 0 Å². The molecule has 0 fully saturated rings. The number of unbranched alkanes of at least 4 members (excludes halogenated alkanes) is 12. The second-order valence-corrected chi connectivity index (χ2v) is 6.48. The summed E-state index contributed by atoms with van der Waals surface area (Å²) >= 11 is 0. The Kier molecular flexibility index (Phi) is 18.2. The van der Waals surface area contributed by atoms with Crippen LogP contribution in [0.25, 0.3) is 0 Å². The van der Waals surface area contributed by atoms with Gasteiger partial charge >= 0.3 is 37.7 Å². The molecule has 1 rings (SSSR count). The van der Waals surface area contributed by atoms with E-state index in [0.717, 1.165) is 0 Å². The Hall–Kier alpha value is 0.480. The molecular weight excluding hydrogens is 292 g/mol. The Bertz CT molecular complexity index is 307. The number of hydrogen-bond acceptors (Lipinski definition) is 0. The van der Waals surface area contributed by atoms with E-state index in [-0.39, 0.29) is 37.7 Å². The van der Waals surface area contributed by atoms with Crippen LogP contribution in [-0.2, 0) is 6.42 Å². The Morgan fingerprint density at radius 2 is 0.955 bits per heavy atom. The Morgan fingerprint density at radius 3 is 1.41 bits per heavy atom. The van der Waals surface area contributed by atoms with Crippen molar-refractivity contribution < 1.29 is 0 Å². The molecule has 0 unspecified atom stereocenters. The van der Waals surface area contributed by atoms with Gasteiger partial charge in [-0.2, -0.15) is 0 Å². The molecule has 0 N–H and O–H groups in total. The topological polar surface area (TPSA) is 0 Å². The van der Waals surface area contributed by atoms with Crippen LogP contribution in [0.1, 0.15) is 96.0 Å². The molecule has 1 aromatic rings. The third kappa shape index (κ3) is 14.1. The summed E-state index contributed by atoms with van der Waals surface area (Å²) in [7, 11) is 0. The maximum absolute atomic E-state index is 2.29. The third-order valence-corrected chi connectivity index (χ3v) is 4.41. The van der Waals surface area contributed by atoms with Gasteiger partial charge in [-0.05, 0) is 18.4 Å². The molecule has 0 aliphatic rings. The summed E-state index contributed by atoms with van der Waals surface area (Å²) < 4.78 is 0. The van der Waals surface area contributed by atoms with Gasteiger partial charge in [0.25, 0.3) is 0 Å². The van der Waals surface area contributed by atoms with E-state index in [4.69, 9.17) is 0 Å². The van der Waals surface area contributed by atoms with E-state index < -0.39 is 0 Å². The van der Waals surface area contributed by atoms with E-state index in [0.29, 0.717) is 0 Å². The predicted molar refractivity (Wildman–Crippen MR) is 104 cm³/mol. The van der Waals surface area contributed by atoms with Gasteiger partial charge in [-0.3, -0.25) is 0 Å². The molecule has 124 valence electrons. The van der Waals surface area contributed by atoms with Crippen LogP contribution in [0.5, 0.6) is 0 Å². The summed E-state index contributed by atoms with van der Waals surface area (Å²) in [5, 5.41) is 0. The molecule has 0 nitrogen and oxygen atoms in total. The average Bonchev–Trinajstić information content (AvgIpc) is 2.53. The number of hydrogen-bond donors (Lipinski definition) is 0. The van der Waals surface area contributed by atoms with Gasteiger partial charge in [-0.25, -0.2) is 0 Å². The quantitative estimate of drug-likeness (QED) is 0.273. The van der Waals surface area contributed by atoms with Crippen LogP contribution in [0.4, 0.5) is 0 Å². The fraction of sp³-hybridized carbons (Fsp3) is 0.714. The van der Waals surface area contributed by atoms with Gasteiger partial charge in [-0.15, -0.1) is 0 Å². The SMILES string of the molecule is CCCCCCCCCCCCCCCc1ccccc1.[CaH2]. The second-order valence-electron chi connectivity index (χ2n) is 6.48. The molecule has 1 aromatic carbocycles. The van der Waals surface area contributed by atoms with E-state index in [9.17, 15) is 0 Å². The van der Waals surface area contributed by atoms with Crippen LogP contribution in [0.2, 0.25) is 0 Å². The fourth-order valence-corrected chi connectivity index (χ4v) is 2.99. The molecule has 0 amide bonds. The van der Waals surface area contributed by atoms with Crippen molar-refractivity contribution in [3.8, 4) is 0 Å². The molecule has 0 heterocycles. The molecular formula is C21H38Ca. The van der Waals surface area contributed by atoms with E-state index in [1.807, 2.05) is 0 Å². The van der Waals surface area contributed by atoms with Gasteiger partial charge in [0, 0.05) is 0 Å². The van der Waals surface area contributed by atoms with E-state index in [1.54, 1.807) is 0 Å². The van der Waals surface area contributed by atoms with Crippen molar-refractivity contribution in [2.75, 3.05) is 0 Å². The zero-order valence-corrected chi connectivity index (χ0v) is 14.3. The van der Waals surface area contributed by atoms with E-state index >= 15 is 0 Å². The van der Waals surface area contributed by atoms with Crippen LogP contribution in [0.3, 0.4) is 0 Å². The molecule has 0 saturated carbocycles. The molecule has 0 aliphatic heterocycles. The average molecular weight is 331 g/mol. The molecule has 0 aliphatic carbocycles. The van der Waals surface area contributed by atoms with E-state index in [2.05, 4.69) is 37.3 Å². The Morgan fingerprint density at radius 1 is 0.545 bits per heavy atom. The van der Waals surface area contributed by atoms with Gasteiger partial charge in [0.15, 0.2) is 0 Å². The van der Waals surface area contributed by atoms with Crippen molar-refractivity contribution in [3.05, 3.63) is 35.9 Å². The Labute approximate surface area is 169 Å². The second kappa shape index (κ2) is 17.8. The number of rotatable bonds is 14. The molecule has 0 bridgehead atoms. The van der Waals surface area contributed by atoms with Crippen LogP contribution < -0.4 is 0 Å². The van der Waals surface area contributed by atoms with E-state index in [1.165, 1.54) is 95.5 Å².